The topological polar surface area (TPSA) is 51.8 Å². The van der Waals surface area contributed by atoms with Gasteiger partial charge in [0.05, 0.1) is 0 Å². The van der Waals surface area contributed by atoms with E-state index in [0.29, 0.717) is 11.7 Å². The first-order chi connectivity index (χ1) is 10.9. The van der Waals surface area contributed by atoms with Gasteiger partial charge in [0.2, 0.25) is 5.82 Å². The molecule has 0 unspecified atom stereocenters. The van der Waals surface area contributed by atoms with E-state index in [-0.39, 0.29) is 0 Å². The van der Waals surface area contributed by atoms with E-state index < -0.39 is 0 Å². The van der Waals surface area contributed by atoms with Gasteiger partial charge in [0.1, 0.15) is 0 Å². The monoisotopic (exact) mass is 293 g/mol. The van der Waals surface area contributed by atoms with Gasteiger partial charge in [-0.1, -0.05) is 37.1 Å². The van der Waals surface area contributed by atoms with Crippen LogP contribution in [0.15, 0.2) is 53.3 Å². The molecule has 0 aliphatic carbocycles. The number of aromatic nitrogens is 3. The van der Waals surface area contributed by atoms with Crippen LogP contribution < -0.4 is 0 Å². The molecule has 0 spiro atoms. The molecule has 2 heterocycles. The van der Waals surface area contributed by atoms with Crippen molar-refractivity contribution in [2.45, 2.75) is 32.6 Å². The van der Waals surface area contributed by atoms with E-state index in [2.05, 4.69) is 34.2 Å². The minimum absolute atomic E-state index is 0.548. The molecule has 0 bridgehead atoms. The maximum Gasteiger partial charge on any atom is 0.258 e. The summed E-state index contributed by atoms with van der Waals surface area (Å²) in [5.74, 6) is 1.14. The average molecular weight is 293 g/mol. The summed E-state index contributed by atoms with van der Waals surface area (Å²) in [7, 11) is 0. The lowest BCUT2D eigenvalue weighted by Crippen LogP contribution is -1.86. The van der Waals surface area contributed by atoms with E-state index in [1.165, 1.54) is 24.8 Å². The second kappa shape index (κ2) is 6.98. The first kappa shape index (κ1) is 14.4. The highest BCUT2D eigenvalue weighted by atomic mass is 16.5. The van der Waals surface area contributed by atoms with Crippen molar-refractivity contribution in [3.8, 4) is 22.8 Å². The van der Waals surface area contributed by atoms with Crippen molar-refractivity contribution in [2.24, 2.45) is 0 Å². The van der Waals surface area contributed by atoms with Gasteiger partial charge < -0.3 is 4.52 Å². The molecule has 0 fully saturated rings. The van der Waals surface area contributed by atoms with Gasteiger partial charge in [0.25, 0.3) is 5.89 Å². The highest BCUT2D eigenvalue weighted by Gasteiger charge is 2.10. The molecule has 0 aliphatic rings. The summed E-state index contributed by atoms with van der Waals surface area (Å²) >= 11 is 0. The van der Waals surface area contributed by atoms with Crippen LogP contribution in [0.5, 0.6) is 0 Å². The SMILES string of the molecule is CCCCCc1ccc(-c2nc(-c3ccncc3)no2)cc1. The molecule has 112 valence electrons. The Morgan fingerprint density at radius 3 is 2.41 bits per heavy atom. The fourth-order valence-electron chi connectivity index (χ4n) is 2.35. The molecule has 22 heavy (non-hydrogen) atoms. The van der Waals surface area contributed by atoms with Crippen LogP contribution in [-0.2, 0) is 6.42 Å². The third-order valence-electron chi connectivity index (χ3n) is 3.63. The predicted molar refractivity (Wildman–Crippen MR) is 86.2 cm³/mol. The molecule has 4 heteroatoms. The molecule has 0 radical (unpaired) electrons. The summed E-state index contributed by atoms with van der Waals surface area (Å²) < 4.78 is 5.36. The third-order valence-corrected chi connectivity index (χ3v) is 3.63. The molecule has 4 nitrogen and oxygen atoms in total. The van der Waals surface area contributed by atoms with Crippen LogP contribution in [0.3, 0.4) is 0 Å². The van der Waals surface area contributed by atoms with E-state index in [4.69, 9.17) is 4.52 Å². The molecule has 0 amide bonds. The minimum atomic E-state index is 0.548. The summed E-state index contributed by atoms with van der Waals surface area (Å²) in [6.45, 7) is 2.22. The van der Waals surface area contributed by atoms with Crippen LogP contribution in [0.2, 0.25) is 0 Å². The Hall–Kier alpha value is -2.49. The largest absolute Gasteiger partial charge is 0.334 e. The number of pyridine rings is 1. The van der Waals surface area contributed by atoms with Crippen molar-refractivity contribution in [1.29, 1.82) is 0 Å². The zero-order chi connectivity index (χ0) is 15.2. The number of nitrogens with zero attached hydrogens (tertiary/aromatic N) is 3. The maximum atomic E-state index is 5.36. The van der Waals surface area contributed by atoms with E-state index in [1.54, 1.807) is 12.4 Å². The molecule has 0 saturated carbocycles. The van der Waals surface area contributed by atoms with Crippen LogP contribution >= 0.6 is 0 Å². The normalized spacial score (nSPS) is 10.8. The van der Waals surface area contributed by atoms with E-state index in [1.807, 2.05) is 24.3 Å². The van der Waals surface area contributed by atoms with Crippen LogP contribution in [-0.4, -0.2) is 15.1 Å². The molecular formula is C18H19N3O. The zero-order valence-electron chi connectivity index (χ0n) is 12.7. The molecule has 2 aromatic heterocycles. The van der Waals surface area contributed by atoms with Gasteiger partial charge >= 0.3 is 0 Å². The summed E-state index contributed by atoms with van der Waals surface area (Å²) in [5.41, 5.74) is 3.21. The third kappa shape index (κ3) is 3.39. The molecule has 0 atom stereocenters. The average Bonchev–Trinajstić information content (AvgIpc) is 3.07. The number of aryl methyl sites for hydroxylation is 1. The van der Waals surface area contributed by atoms with Crippen LogP contribution in [0, 0.1) is 0 Å². The van der Waals surface area contributed by atoms with E-state index in [9.17, 15) is 0 Å². The van der Waals surface area contributed by atoms with Crippen LogP contribution in [0.4, 0.5) is 0 Å². The van der Waals surface area contributed by atoms with Crippen molar-refractivity contribution in [3.63, 3.8) is 0 Å². The second-order valence-corrected chi connectivity index (χ2v) is 5.31. The highest BCUT2D eigenvalue weighted by molar-refractivity contribution is 5.59. The summed E-state index contributed by atoms with van der Waals surface area (Å²) in [5, 5.41) is 4.03. The van der Waals surface area contributed by atoms with E-state index in [0.717, 1.165) is 17.5 Å². The Labute approximate surface area is 130 Å². The van der Waals surface area contributed by atoms with E-state index >= 15 is 0 Å². The van der Waals surface area contributed by atoms with Crippen molar-refractivity contribution in [3.05, 3.63) is 54.4 Å². The second-order valence-electron chi connectivity index (χ2n) is 5.31. The van der Waals surface area contributed by atoms with Crippen LogP contribution in [0.25, 0.3) is 22.8 Å². The van der Waals surface area contributed by atoms with Crippen molar-refractivity contribution in [2.75, 3.05) is 0 Å². The van der Waals surface area contributed by atoms with Gasteiger partial charge in [-0.25, -0.2) is 0 Å². The fourth-order valence-corrected chi connectivity index (χ4v) is 2.35. The summed E-state index contributed by atoms with van der Waals surface area (Å²) in [4.78, 5) is 8.44. The lowest BCUT2D eigenvalue weighted by Gasteiger charge is -2.01. The van der Waals surface area contributed by atoms with Crippen molar-refractivity contribution < 1.29 is 4.52 Å². The molecule has 0 N–H and O–H groups in total. The number of hydrogen-bond acceptors (Lipinski definition) is 4. The Bertz CT molecular complexity index is 705. The fraction of sp³-hybridized carbons (Fsp3) is 0.278. The molecule has 3 rings (SSSR count). The van der Waals surface area contributed by atoms with Gasteiger partial charge in [0.15, 0.2) is 0 Å². The number of benzene rings is 1. The van der Waals surface area contributed by atoms with Crippen molar-refractivity contribution >= 4 is 0 Å². The molecule has 1 aromatic carbocycles. The minimum Gasteiger partial charge on any atom is -0.334 e. The predicted octanol–water partition coefficient (Wildman–Crippen LogP) is 4.53. The highest BCUT2D eigenvalue weighted by Crippen LogP contribution is 2.22. The van der Waals surface area contributed by atoms with Gasteiger partial charge in [-0.2, -0.15) is 4.98 Å². The summed E-state index contributed by atoms with van der Waals surface area (Å²) in [6, 6.07) is 12.1. The van der Waals surface area contributed by atoms with Gasteiger partial charge in [-0.3, -0.25) is 4.98 Å². The van der Waals surface area contributed by atoms with Gasteiger partial charge in [-0.05, 0) is 42.7 Å². The standard InChI is InChI=1S/C18H19N3O/c1-2-3-4-5-14-6-8-16(9-7-14)18-20-17(21-22-18)15-10-12-19-13-11-15/h6-13H,2-5H2,1H3. The Morgan fingerprint density at radius 1 is 0.909 bits per heavy atom. The van der Waals surface area contributed by atoms with Gasteiger partial charge in [-0.15, -0.1) is 0 Å². The zero-order valence-corrected chi connectivity index (χ0v) is 12.7. The molecule has 0 saturated heterocycles. The van der Waals surface area contributed by atoms with Gasteiger partial charge in [0, 0.05) is 23.5 Å². The number of rotatable bonds is 6. The molecule has 0 aliphatic heterocycles. The quantitative estimate of drug-likeness (QED) is 0.626. The van der Waals surface area contributed by atoms with Crippen LogP contribution in [0.1, 0.15) is 31.7 Å². The summed E-state index contributed by atoms with van der Waals surface area (Å²) in [6.07, 6.45) is 8.33. The number of unbranched alkanes of at least 4 members (excludes halogenated alkanes) is 2. The Balaban J connectivity index is 1.73. The lowest BCUT2D eigenvalue weighted by atomic mass is 10.1. The smallest absolute Gasteiger partial charge is 0.258 e. The molecule has 3 aromatic rings. The Morgan fingerprint density at radius 2 is 1.68 bits per heavy atom. The number of hydrogen-bond donors (Lipinski definition) is 0. The Kier molecular flexibility index (Phi) is 4.59. The first-order valence-corrected chi connectivity index (χ1v) is 7.70. The maximum absolute atomic E-state index is 5.36. The van der Waals surface area contributed by atoms with Crippen molar-refractivity contribution in [1.82, 2.24) is 15.1 Å². The lowest BCUT2D eigenvalue weighted by molar-refractivity contribution is 0.432. The first-order valence-electron chi connectivity index (χ1n) is 7.70. The molecular weight excluding hydrogens is 274 g/mol.